The molecule has 0 N–H and O–H groups in total. The topological polar surface area (TPSA) is 29.5 Å². The van der Waals surface area contributed by atoms with Crippen LogP contribution < -0.4 is 0 Å². The Kier molecular flexibility index (Phi) is 5.65. The number of likely N-dealkylation sites (tertiary alicyclic amines) is 1. The lowest BCUT2D eigenvalue weighted by Crippen LogP contribution is -2.39. The average Bonchev–Trinajstić information content (AvgIpc) is 2.63. The Morgan fingerprint density at radius 3 is 2.54 bits per heavy atom. The molecule has 0 spiro atoms. The standard InChI is InChI=1S/C21H25NO2/c1-17-6-5-9-20(14-17)21(23)22-12-10-19(11-13-22)16-24-15-18-7-3-2-4-8-18/h2-9,14,19H,10-13,15-16H2,1H3. The molecule has 3 rings (SSSR count). The van der Waals surface area contributed by atoms with Crippen LogP contribution in [0.15, 0.2) is 54.6 Å². The smallest absolute Gasteiger partial charge is 0.253 e. The zero-order valence-corrected chi connectivity index (χ0v) is 14.3. The van der Waals surface area contributed by atoms with E-state index in [2.05, 4.69) is 12.1 Å². The fraction of sp³-hybridized carbons (Fsp3) is 0.381. The van der Waals surface area contributed by atoms with E-state index in [-0.39, 0.29) is 5.91 Å². The summed E-state index contributed by atoms with van der Waals surface area (Å²) in [6.45, 7) is 5.12. The van der Waals surface area contributed by atoms with Gasteiger partial charge in [-0.15, -0.1) is 0 Å². The van der Waals surface area contributed by atoms with Crippen molar-refractivity contribution in [3.63, 3.8) is 0 Å². The molecule has 0 unspecified atom stereocenters. The van der Waals surface area contributed by atoms with Crippen LogP contribution in [-0.4, -0.2) is 30.5 Å². The number of carbonyl (C=O) groups excluding carboxylic acids is 1. The molecule has 0 bridgehead atoms. The lowest BCUT2D eigenvalue weighted by Gasteiger charge is -2.32. The molecule has 1 aliphatic rings. The van der Waals surface area contributed by atoms with Crippen LogP contribution in [0, 0.1) is 12.8 Å². The molecule has 0 aliphatic carbocycles. The number of amides is 1. The van der Waals surface area contributed by atoms with Crippen molar-refractivity contribution in [3.8, 4) is 0 Å². The lowest BCUT2D eigenvalue weighted by atomic mass is 9.97. The number of hydrogen-bond donors (Lipinski definition) is 0. The summed E-state index contributed by atoms with van der Waals surface area (Å²) in [6, 6.07) is 18.1. The van der Waals surface area contributed by atoms with Crippen LogP contribution in [-0.2, 0) is 11.3 Å². The summed E-state index contributed by atoms with van der Waals surface area (Å²) >= 11 is 0. The van der Waals surface area contributed by atoms with Gasteiger partial charge in [0.05, 0.1) is 6.61 Å². The summed E-state index contributed by atoms with van der Waals surface area (Å²) < 4.78 is 5.85. The lowest BCUT2D eigenvalue weighted by molar-refractivity contribution is 0.0478. The zero-order chi connectivity index (χ0) is 16.8. The Morgan fingerprint density at radius 2 is 1.83 bits per heavy atom. The molecule has 2 aromatic rings. The first-order valence-corrected chi connectivity index (χ1v) is 8.70. The fourth-order valence-corrected chi connectivity index (χ4v) is 3.18. The van der Waals surface area contributed by atoms with Gasteiger partial charge in [0.1, 0.15) is 0 Å². The van der Waals surface area contributed by atoms with Crippen molar-refractivity contribution in [2.24, 2.45) is 5.92 Å². The van der Waals surface area contributed by atoms with Crippen molar-refractivity contribution in [2.45, 2.75) is 26.4 Å². The van der Waals surface area contributed by atoms with E-state index < -0.39 is 0 Å². The Morgan fingerprint density at radius 1 is 1.08 bits per heavy atom. The summed E-state index contributed by atoms with van der Waals surface area (Å²) in [4.78, 5) is 14.5. The number of carbonyl (C=O) groups is 1. The van der Waals surface area contributed by atoms with E-state index in [1.165, 1.54) is 5.56 Å². The second kappa shape index (κ2) is 8.11. The van der Waals surface area contributed by atoms with E-state index in [4.69, 9.17) is 4.74 Å². The SMILES string of the molecule is Cc1cccc(C(=O)N2CCC(COCc3ccccc3)CC2)c1. The Bertz CT molecular complexity index is 661. The highest BCUT2D eigenvalue weighted by molar-refractivity contribution is 5.94. The predicted molar refractivity (Wildman–Crippen MR) is 95.9 cm³/mol. The third kappa shape index (κ3) is 4.45. The summed E-state index contributed by atoms with van der Waals surface area (Å²) in [6.07, 6.45) is 2.04. The molecule has 1 amide bonds. The number of piperidine rings is 1. The van der Waals surface area contributed by atoms with Crippen LogP contribution in [0.4, 0.5) is 0 Å². The summed E-state index contributed by atoms with van der Waals surface area (Å²) in [5, 5.41) is 0. The minimum absolute atomic E-state index is 0.155. The monoisotopic (exact) mass is 323 g/mol. The first-order valence-electron chi connectivity index (χ1n) is 8.70. The molecule has 1 heterocycles. The molecule has 1 aliphatic heterocycles. The molecule has 2 aromatic carbocycles. The molecule has 1 fully saturated rings. The molecular weight excluding hydrogens is 298 g/mol. The highest BCUT2D eigenvalue weighted by Gasteiger charge is 2.23. The van der Waals surface area contributed by atoms with Gasteiger partial charge in [-0.2, -0.15) is 0 Å². The minimum atomic E-state index is 0.155. The zero-order valence-electron chi connectivity index (χ0n) is 14.3. The van der Waals surface area contributed by atoms with E-state index in [9.17, 15) is 4.79 Å². The summed E-state index contributed by atoms with van der Waals surface area (Å²) in [7, 11) is 0. The van der Waals surface area contributed by atoms with Crippen LogP contribution >= 0.6 is 0 Å². The first kappa shape index (κ1) is 16.7. The maximum Gasteiger partial charge on any atom is 0.253 e. The number of nitrogens with zero attached hydrogens (tertiary/aromatic N) is 1. The molecule has 3 heteroatoms. The number of hydrogen-bond acceptors (Lipinski definition) is 2. The van der Waals surface area contributed by atoms with Crippen molar-refractivity contribution in [2.75, 3.05) is 19.7 Å². The van der Waals surface area contributed by atoms with E-state index in [1.54, 1.807) is 0 Å². The van der Waals surface area contributed by atoms with Gasteiger partial charge in [0, 0.05) is 25.3 Å². The minimum Gasteiger partial charge on any atom is -0.376 e. The second-order valence-electron chi connectivity index (χ2n) is 6.61. The predicted octanol–water partition coefficient (Wildman–Crippen LogP) is 4.06. The first-order chi connectivity index (χ1) is 11.7. The number of rotatable bonds is 5. The quantitative estimate of drug-likeness (QED) is 0.830. The largest absolute Gasteiger partial charge is 0.376 e. The molecule has 0 aromatic heterocycles. The van der Waals surface area contributed by atoms with Crippen molar-refractivity contribution >= 4 is 5.91 Å². The molecular formula is C21H25NO2. The molecule has 24 heavy (non-hydrogen) atoms. The van der Waals surface area contributed by atoms with Gasteiger partial charge >= 0.3 is 0 Å². The average molecular weight is 323 g/mol. The maximum absolute atomic E-state index is 12.6. The van der Waals surface area contributed by atoms with Gasteiger partial charge < -0.3 is 9.64 Å². The van der Waals surface area contributed by atoms with Crippen molar-refractivity contribution in [1.82, 2.24) is 4.90 Å². The highest BCUT2D eigenvalue weighted by atomic mass is 16.5. The van der Waals surface area contributed by atoms with Gasteiger partial charge in [-0.3, -0.25) is 4.79 Å². The molecule has 0 radical (unpaired) electrons. The van der Waals surface area contributed by atoms with Crippen LogP contribution in [0.25, 0.3) is 0 Å². The van der Waals surface area contributed by atoms with Gasteiger partial charge in [-0.05, 0) is 43.4 Å². The van der Waals surface area contributed by atoms with Gasteiger partial charge in [0.2, 0.25) is 0 Å². The van der Waals surface area contributed by atoms with Crippen LogP contribution in [0.1, 0.15) is 34.3 Å². The van der Waals surface area contributed by atoms with Gasteiger partial charge in [0.25, 0.3) is 5.91 Å². The highest BCUT2D eigenvalue weighted by Crippen LogP contribution is 2.20. The number of ether oxygens (including phenoxy) is 1. The summed E-state index contributed by atoms with van der Waals surface area (Å²) in [5.74, 6) is 0.706. The molecule has 126 valence electrons. The van der Waals surface area contributed by atoms with E-state index in [0.29, 0.717) is 12.5 Å². The molecule has 3 nitrogen and oxygen atoms in total. The van der Waals surface area contributed by atoms with Crippen LogP contribution in [0.3, 0.4) is 0 Å². The molecule has 0 saturated carbocycles. The third-order valence-electron chi connectivity index (χ3n) is 4.63. The molecule has 0 atom stereocenters. The van der Waals surface area contributed by atoms with Gasteiger partial charge in [-0.25, -0.2) is 0 Å². The maximum atomic E-state index is 12.6. The van der Waals surface area contributed by atoms with E-state index in [0.717, 1.165) is 43.7 Å². The third-order valence-corrected chi connectivity index (χ3v) is 4.63. The number of benzene rings is 2. The normalized spacial score (nSPS) is 15.5. The Labute approximate surface area is 144 Å². The van der Waals surface area contributed by atoms with Crippen molar-refractivity contribution in [3.05, 3.63) is 71.3 Å². The number of aryl methyl sites for hydroxylation is 1. The van der Waals surface area contributed by atoms with E-state index in [1.807, 2.05) is 54.3 Å². The van der Waals surface area contributed by atoms with E-state index >= 15 is 0 Å². The molecule has 1 saturated heterocycles. The Balaban J connectivity index is 1.43. The van der Waals surface area contributed by atoms with Gasteiger partial charge in [0.15, 0.2) is 0 Å². The Hall–Kier alpha value is -2.13. The van der Waals surface area contributed by atoms with Crippen LogP contribution in [0.2, 0.25) is 0 Å². The van der Waals surface area contributed by atoms with Gasteiger partial charge in [-0.1, -0.05) is 48.0 Å². The van der Waals surface area contributed by atoms with Crippen LogP contribution in [0.5, 0.6) is 0 Å². The van der Waals surface area contributed by atoms with Crippen molar-refractivity contribution in [1.29, 1.82) is 0 Å². The second-order valence-corrected chi connectivity index (χ2v) is 6.61. The fourth-order valence-electron chi connectivity index (χ4n) is 3.18. The summed E-state index contributed by atoms with van der Waals surface area (Å²) in [5.41, 5.74) is 3.14. The van der Waals surface area contributed by atoms with Crippen molar-refractivity contribution < 1.29 is 9.53 Å².